The zero-order valence-electron chi connectivity index (χ0n) is 21.1. The minimum Gasteiger partial charge on any atom is -0.468 e. The number of thioether (sulfide) groups is 1. The van der Waals surface area contributed by atoms with Crippen LogP contribution in [0, 0.1) is 0 Å². The molecule has 0 radical (unpaired) electrons. The second-order valence-electron chi connectivity index (χ2n) is 8.30. The first-order valence-electron chi connectivity index (χ1n) is 12.7. The highest BCUT2D eigenvalue weighted by molar-refractivity contribution is 7.99. The van der Waals surface area contributed by atoms with E-state index in [4.69, 9.17) is 9.47 Å². The van der Waals surface area contributed by atoms with Crippen LogP contribution in [-0.2, 0) is 33.4 Å². The lowest BCUT2D eigenvalue weighted by Crippen LogP contribution is -2.30. The zero-order chi connectivity index (χ0) is 25.3. The molecule has 0 heterocycles. The Kier molecular flexibility index (Phi) is 23.1. The van der Waals surface area contributed by atoms with E-state index in [0.29, 0.717) is 43.8 Å². The van der Waals surface area contributed by atoms with Gasteiger partial charge in [0.1, 0.15) is 19.3 Å². The summed E-state index contributed by atoms with van der Waals surface area (Å²) in [6.45, 7) is 2.89. The Morgan fingerprint density at radius 2 is 1.50 bits per heavy atom. The van der Waals surface area contributed by atoms with Gasteiger partial charge in [-0.05, 0) is 25.7 Å². The van der Waals surface area contributed by atoms with Gasteiger partial charge < -0.3 is 19.5 Å². The second-order valence-corrected chi connectivity index (χ2v) is 9.52. The SMILES string of the molecule is CCCCCCCCCCCC(CCCC(=O)OCCSCCC(=O)NCC(=O)OC)OC=O. The Hall–Kier alpha value is -1.77. The maximum absolute atomic E-state index is 11.9. The van der Waals surface area contributed by atoms with Crippen molar-refractivity contribution < 1.29 is 33.4 Å². The topological polar surface area (TPSA) is 108 Å². The third kappa shape index (κ3) is 22.0. The molecule has 8 nitrogen and oxygen atoms in total. The van der Waals surface area contributed by atoms with Gasteiger partial charge in [-0.15, -0.1) is 0 Å². The van der Waals surface area contributed by atoms with Gasteiger partial charge >= 0.3 is 11.9 Å². The maximum Gasteiger partial charge on any atom is 0.325 e. The number of esters is 2. The molecule has 1 unspecified atom stereocenters. The number of hydrogen-bond donors (Lipinski definition) is 1. The molecule has 0 aliphatic heterocycles. The van der Waals surface area contributed by atoms with E-state index in [1.807, 2.05) is 0 Å². The lowest BCUT2D eigenvalue weighted by molar-refractivity contribution is -0.143. The molecule has 0 saturated heterocycles. The molecule has 34 heavy (non-hydrogen) atoms. The molecule has 0 fully saturated rings. The summed E-state index contributed by atoms with van der Waals surface area (Å²) in [5.74, 6) is 0.216. The molecule has 0 aliphatic rings. The van der Waals surface area contributed by atoms with Crippen LogP contribution in [0.5, 0.6) is 0 Å². The van der Waals surface area contributed by atoms with E-state index < -0.39 is 5.97 Å². The quantitative estimate of drug-likeness (QED) is 0.0883. The van der Waals surface area contributed by atoms with E-state index >= 15 is 0 Å². The number of methoxy groups -OCH3 is 1. The number of rotatable bonds is 24. The van der Waals surface area contributed by atoms with Gasteiger partial charge in [-0.25, -0.2) is 0 Å². The number of hydrogen-bond acceptors (Lipinski definition) is 8. The minimum absolute atomic E-state index is 0.129. The first-order valence-corrected chi connectivity index (χ1v) is 13.8. The first kappa shape index (κ1) is 32.2. The van der Waals surface area contributed by atoms with Crippen molar-refractivity contribution in [3.8, 4) is 0 Å². The Morgan fingerprint density at radius 1 is 0.853 bits per heavy atom. The fourth-order valence-electron chi connectivity index (χ4n) is 3.40. The fraction of sp³-hybridized carbons (Fsp3) is 0.840. The Morgan fingerprint density at radius 3 is 2.15 bits per heavy atom. The third-order valence-corrected chi connectivity index (χ3v) is 6.35. The second kappa shape index (κ2) is 24.4. The van der Waals surface area contributed by atoms with Crippen molar-refractivity contribution in [3.05, 3.63) is 0 Å². The lowest BCUT2D eigenvalue weighted by atomic mass is 10.0. The van der Waals surface area contributed by atoms with Crippen LogP contribution in [0.25, 0.3) is 0 Å². The van der Waals surface area contributed by atoms with Crippen molar-refractivity contribution >= 4 is 36.1 Å². The van der Waals surface area contributed by atoms with Gasteiger partial charge in [-0.2, -0.15) is 11.8 Å². The van der Waals surface area contributed by atoms with Crippen molar-refractivity contribution in [3.63, 3.8) is 0 Å². The number of ether oxygens (including phenoxy) is 3. The molecule has 1 atom stereocenters. The summed E-state index contributed by atoms with van der Waals surface area (Å²) in [5.41, 5.74) is 0. The number of nitrogens with one attached hydrogen (secondary N) is 1. The Balaban J connectivity index is 3.67. The van der Waals surface area contributed by atoms with E-state index in [9.17, 15) is 19.2 Å². The van der Waals surface area contributed by atoms with Crippen LogP contribution in [0.2, 0.25) is 0 Å². The van der Waals surface area contributed by atoms with E-state index in [1.54, 1.807) is 0 Å². The maximum atomic E-state index is 11.9. The largest absolute Gasteiger partial charge is 0.468 e. The molecule has 198 valence electrons. The van der Waals surface area contributed by atoms with Gasteiger partial charge in [0, 0.05) is 24.3 Å². The van der Waals surface area contributed by atoms with Gasteiger partial charge in [-0.3, -0.25) is 19.2 Å². The standard InChI is InChI=1S/C25H45NO7S/c1-3-4-5-6-7-8-9-10-11-13-22(33-21-27)14-12-15-24(29)32-17-19-34-18-16-23(28)26-20-25(30)31-2/h21-22H,3-20H2,1-2H3,(H,26,28). The Labute approximate surface area is 209 Å². The van der Waals surface area contributed by atoms with Crippen LogP contribution < -0.4 is 5.32 Å². The van der Waals surface area contributed by atoms with E-state index in [0.717, 1.165) is 19.3 Å². The normalized spacial score (nSPS) is 11.5. The van der Waals surface area contributed by atoms with Crippen molar-refractivity contribution in [1.82, 2.24) is 5.32 Å². The molecule has 0 bridgehead atoms. The lowest BCUT2D eigenvalue weighted by Gasteiger charge is -2.14. The number of unbranched alkanes of at least 4 members (excludes halogenated alkanes) is 8. The van der Waals surface area contributed by atoms with Gasteiger partial charge in [0.15, 0.2) is 0 Å². The van der Waals surface area contributed by atoms with Crippen molar-refractivity contribution in [2.75, 3.05) is 31.8 Å². The van der Waals surface area contributed by atoms with Gasteiger partial charge in [0.25, 0.3) is 6.47 Å². The molecule has 9 heteroatoms. The summed E-state index contributed by atoms with van der Waals surface area (Å²) in [7, 11) is 1.27. The minimum atomic E-state index is -0.486. The molecule has 1 N–H and O–H groups in total. The van der Waals surface area contributed by atoms with Crippen molar-refractivity contribution in [2.45, 2.75) is 103 Å². The molecule has 0 aromatic rings. The Bertz CT molecular complexity index is 545. The predicted molar refractivity (Wildman–Crippen MR) is 135 cm³/mol. The van der Waals surface area contributed by atoms with E-state index in [2.05, 4.69) is 17.0 Å². The van der Waals surface area contributed by atoms with E-state index in [1.165, 1.54) is 63.8 Å². The van der Waals surface area contributed by atoms with E-state index in [-0.39, 0.29) is 30.9 Å². The van der Waals surface area contributed by atoms with Crippen LogP contribution in [0.1, 0.15) is 96.8 Å². The molecule has 0 aromatic heterocycles. The molecule has 0 rings (SSSR count). The van der Waals surface area contributed by atoms with Crippen LogP contribution >= 0.6 is 11.8 Å². The van der Waals surface area contributed by atoms with Gasteiger partial charge in [0.05, 0.1) is 7.11 Å². The number of carbonyl (C=O) groups excluding carboxylic acids is 4. The molecular formula is C25H45NO7S. The molecule has 0 spiro atoms. The van der Waals surface area contributed by atoms with Crippen molar-refractivity contribution in [2.24, 2.45) is 0 Å². The molecule has 0 aliphatic carbocycles. The van der Waals surface area contributed by atoms with Crippen LogP contribution in [-0.4, -0.2) is 62.2 Å². The smallest absolute Gasteiger partial charge is 0.325 e. The number of carbonyl (C=O) groups is 4. The average Bonchev–Trinajstić information content (AvgIpc) is 2.83. The molecule has 1 amide bonds. The molecule has 0 saturated carbocycles. The highest BCUT2D eigenvalue weighted by Crippen LogP contribution is 2.15. The summed E-state index contributed by atoms with van der Waals surface area (Å²) in [6, 6.07) is 0. The third-order valence-electron chi connectivity index (χ3n) is 5.41. The predicted octanol–water partition coefficient (Wildman–Crippen LogP) is 4.57. The van der Waals surface area contributed by atoms with Gasteiger partial charge in [0.2, 0.25) is 5.91 Å². The van der Waals surface area contributed by atoms with Crippen molar-refractivity contribution in [1.29, 1.82) is 0 Å². The fourth-order valence-corrected chi connectivity index (χ4v) is 4.14. The highest BCUT2D eigenvalue weighted by Gasteiger charge is 2.11. The summed E-state index contributed by atoms with van der Waals surface area (Å²) in [5, 5.41) is 2.47. The highest BCUT2D eigenvalue weighted by atomic mass is 32.2. The average molecular weight is 504 g/mol. The first-order chi connectivity index (χ1) is 16.5. The van der Waals surface area contributed by atoms with Gasteiger partial charge in [-0.1, -0.05) is 58.3 Å². The summed E-state index contributed by atoms with van der Waals surface area (Å²) >= 11 is 1.51. The van der Waals surface area contributed by atoms with Crippen LogP contribution in [0.3, 0.4) is 0 Å². The molecular weight excluding hydrogens is 458 g/mol. The summed E-state index contributed by atoms with van der Waals surface area (Å²) < 4.78 is 14.8. The summed E-state index contributed by atoms with van der Waals surface area (Å²) in [6.07, 6.45) is 13.9. The molecule has 0 aromatic carbocycles. The summed E-state index contributed by atoms with van der Waals surface area (Å²) in [4.78, 5) is 45.1. The number of amides is 1. The monoisotopic (exact) mass is 503 g/mol. The van der Waals surface area contributed by atoms with Crippen LogP contribution in [0.4, 0.5) is 0 Å². The zero-order valence-corrected chi connectivity index (χ0v) is 22.0. The van der Waals surface area contributed by atoms with Crippen LogP contribution in [0.15, 0.2) is 0 Å².